The molecule has 1 aliphatic rings. The lowest BCUT2D eigenvalue weighted by atomic mass is 10.2. The molecule has 1 unspecified atom stereocenters. The van der Waals surface area contributed by atoms with Crippen molar-refractivity contribution in [2.24, 2.45) is 5.92 Å². The Hall–Kier alpha value is -2.14. The third-order valence-electron chi connectivity index (χ3n) is 3.30. The molecule has 1 aromatic heterocycles. The highest BCUT2D eigenvalue weighted by Crippen LogP contribution is 2.17. The summed E-state index contributed by atoms with van der Waals surface area (Å²) in [6.45, 7) is 7.94. The first-order chi connectivity index (χ1) is 10.1. The van der Waals surface area contributed by atoms with E-state index in [4.69, 9.17) is 15.7 Å². The minimum Gasteiger partial charge on any atom is -0.378 e. The van der Waals surface area contributed by atoms with Gasteiger partial charge in [-0.25, -0.2) is 0 Å². The van der Waals surface area contributed by atoms with Crippen LogP contribution in [0.3, 0.4) is 0 Å². The minimum absolute atomic E-state index is 0.102. The summed E-state index contributed by atoms with van der Waals surface area (Å²) < 4.78 is 5.33. The average Bonchev–Trinajstić information content (AvgIpc) is 2.52. The van der Waals surface area contributed by atoms with Crippen LogP contribution in [0.15, 0.2) is 0 Å². The number of nitrogens with zero attached hydrogens (tertiary/aromatic N) is 6. The van der Waals surface area contributed by atoms with E-state index in [9.17, 15) is 0 Å². The molecule has 0 bridgehead atoms. The van der Waals surface area contributed by atoms with Gasteiger partial charge in [-0.3, -0.25) is 0 Å². The van der Waals surface area contributed by atoms with Gasteiger partial charge in [0.2, 0.25) is 17.8 Å². The zero-order valence-electron chi connectivity index (χ0n) is 12.5. The van der Waals surface area contributed by atoms with Crippen LogP contribution in [0.1, 0.15) is 13.8 Å². The molecule has 1 atom stereocenters. The van der Waals surface area contributed by atoms with E-state index >= 15 is 0 Å². The van der Waals surface area contributed by atoms with E-state index in [1.165, 1.54) is 0 Å². The zero-order valence-corrected chi connectivity index (χ0v) is 12.5. The molecule has 0 aliphatic carbocycles. The number of ether oxygens (including phenoxy) is 1. The number of nitrogen functional groups attached to an aromatic ring is 1. The number of nitriles is 1. The van der Waals surface area contributed by atoms with Gasteiger partial charge in [0.15, 0.2) is 0 Å². The highest BCUT2D eigenvalue weighted by Gasteiger charge is 2.18. The van der Waals surface area contributed by atoms with Gasteiger partial charge >= 0.3 is 0 Å². The highest BCUT2D eigenvalue weighted by molar-refractivity contribution is 5.43. The van der Waals surface area contributed by atoms with Crippen molar-refractivity contribution in [2.75, 3.05) is 54.9 Å². The molecule has 1 aromatic rings. The Morgan fingerprint density at radius 1 is 1.38 bits per heavy atom. The van der Waals surface area contributed by atoms with E-state index in [1.807, 2.05) is 23.6 Å². The monoisotopic (exact) mass is 291 g/mol. The summed E-state index contributed by atoms with van der Waals surface area (Å²) >= 11 is 0. The topological polar surface area (TPSA) is 104 Å². The fourth-order valence-corrected chi connectivity index (χ4v) is 2.14. The van der Waals surface area contributed by atoms with Crippen LogP contribution in [-0.2, 0) is 4.74 Å². The van der Waals surface area contributed by atoms with Gasteiger partial charge in [0.25, 0.3) is 0 Å². The minimum atomic E-state index is -0.102. The third kappa shape index (κ3) is 3.92. The number of nitrogens with two attached hydrogens (primary N) is 1. The molecule has 0 amide bonds. The van der Waals surface area contributed by atoms with Crippen molar-refractivity contribution in [2.45, 2.75) is 13.8 Å². The Bertz CT molecular complexity index is 510. The Kier molecular flexibility index (Phi) is 5.11. The zero-order chi connectivity index (χ0) is 15.2. The van der Waals surface area contributed by atoms with Gasteiger partial charge in [-0.2, -0.15) is 20.2 Å². The molecule has 2 heterocycles. The van der Waals surface area contributed by atoms with E-state index in [2.05, 4.69) is 21.0 Å². The second-order valence-electron chi connectivity index (χ2n) is 4.96. The Labute approximate surface area is 124 Å². The maximum atomic E-state index is 8.96. The number of hydrogen-bond donors (Lipinski definition) is 1. The Morgan fingerprint density at radius 3 is 2.71 bits per heavy atom. The van der Waals surface area contributed by atoms with E-state index in [-0.39, 0.29) is 11.9 Å². The van der Waals surface area contributed by atoms with Crippen molar-refractivity contribution in [3.63, 3.8) is 0 Å². The molecule has 8 nitrogen and oxygen atoms in total. The second-order valence-corrected chi connectivity index (χ2v) is 4.96. The van der Waals surface area contributed by atoms with Crippen molar-refractivity contribution in [1.29, 1.82) is 5.26 Å². The molecule has 1 saturated heterocycles. The van der Waals surface area contributed by atoms with Crippen LogP contribution >= 0.6 is 0 Å². The van der Waals surface area contributed by atoms with E-state index in [0.717, 1.165) is 13.1 Å². The fourth-order valence-electron chi connectivity index (χ4n) is 2.14. The highest BCUT2D eigenvalue weighted by atomic mass is 16.5. The quantitative estimate of drug-likeness (QED) is 0.824. The fraction of sp³-hybridized carbons (Fsp3) is 0.692. The Balaban J connectivity index is 2.22. The normalized spacial score (nSPS) is 16.3. The van der Waals surface area contributed by atoms with Gasteiger partial charge in [0.05, 0.1) is 25.2 Å². The van der Waals surface area contributed by atoms with Crippen LogP contribution in [0.25, 0.3) is 0 Å². The van der Waals surface area contributed by atoms with Crippen LogP contribution in [-0.4, -0.2) is 54.3 Å². The molecule has 0 spiro atoms. The summed E-state index contributed by atoms with van der Waals surface area (Å²) in [5.41, 5.74) is 5.81. The molecule has 0 aromatic carbocycles. The van der Waals surface area contributed by atoms with Crippen LogP contribution in [0, 0.1) is 17.2 Å². The largest absolute Gasteiger partial charge is 0.378 e. The van der Waals surface area contributed by atoms with Crippen LogP contribution in [0.4, 0.5) is 17.8 Å². The van der Waals surface area contributed by atoms with Crippen molar-refractivity contribution < 1.29 is 4.74 Å². The summed E-state index contributed by atoms with van der Waals surface area (Å²) in [6.07, 6.45) is 0. The molecule has 114 valence electrons. The molecule has 1 aliphatic heterocycles. The summed E-state index contributed by atoms with van der Waals surface area (Å²) in [6, 6.07) is 2.22. The maximum Gasteiger partial charge on any atom is 0.232 e. The van der Waals surface area contributed by atoms with Crippen molar-refractivity contribution in [1.82, 2.24) is 15.0 Å². The maximum absolute atomic E-state index is 8.96. The summed E-state index contributed by atoms with van der Waals surface area (Å²) in [5, 5.41) is 8.96. The van der Waals surface area contributed by atoms with Gasteiger partial charge in [0, 0.05) is 26.2 Å². The molecule has 2 N–H and O–H groups in total. The first-order valence-corrected chi connectivity index (χ1v) is 7.12. The van der Waals surface area contributed by atoms with E-state index in [1.54, 1.807) is 0 Å². The summed E-state index contributed by atoms with van der Waals surface area (Å²) in [5.74, 6) is 1.19. The van der Waals surface area contributed by atoms with Crippen molar-refractivity contribution in [3.8, 4) is 6.07 Å². The van der Waals surface area contributed by atoms with E-state index < -0.39 is 0 Å². The summed E-state index contributed by atoms with van der Waals surface area (Å²) in [7, 11) is 0. The number of morpholine rings is 1. The summed E-state index contributed by atoms with van der Waals surface area (Å²) in [4.78, 5) is 16.9. The van der Waals surface area contributed by atoms with E-state index in [0.29, 0.717) is 38.2 Å². The molecule has 21 heavy (non-hydrogen) atoms. The number of anilines is 3. The standard InChI is InChI=1S/C13H21N7O/c1-3-19(9-10(2)8-14)12-16-11(15)17-13(18-12)20-4-6-21-7-5-20/h10H,3-7,9H2,1-2H3,(H2,15,16,17,18). The smallest absolute Gasteiger partial charge is 0.232 e. The second kappa shape index (κ2) is 7.04. The van der Waals surface area contributed by atoms with Gasteiger partial charge < -0.3 is 20.3 Å². The van der Waals surface area contributed by atoms with Gasteiger partial charge in [-0.15, -0.1) is 0 Å². The van der Waals surface area contributed by atoms with Crippen molar-refractivity contribution >= 4 is 17.8 Å². The lowest BCUT2D eigenvalue weighted by Crippen LogP contribution is -2.38. The van der Waals surface area contributed by atoms with Gasteiger partial charge in [-0.05, 0) is 13.8 Å². The Morgan fingerprint density at radius 2 is 2.10 bits per heavy atom. The molecular weight excluding hydrogens is 270 g/mol. The molecule has 2 rings (SSSR count). The number of hydrogen-bond acceptors (Lipinski definition) is 8. The molecular formula is C13H21N7O. The first kappa shape index (κ1) is 15.3. The lowest BCUT2D eigenvalue weighted by Gasteiger charge is -2.28. The van der Waals surface area contributed by atoms with Crippen LogP contribution < -0.4 is 15.5 Å². The molecule has 8 heteroatoms. The predicted molar refractivity (Wildman–Crippen MR) is 79.9 cm³/mol. The lowest BCUT2D eigenvalue weighted by molar-refractivity contribution is 0.122. The molecule has 1 fully saturated rings. The SMILES string of the molecule is CCN(CC(C)C#N)c1nc(N)nc(N2CCOCC2)n1. The predicted octanol–water partition coefficient (Wildman–Crippen LogP) is 0.276. The number of aromatic nitrogens is 3. The van der Waals surface area contributed by atoms with Gasteiger partial charge in [0.1, 0.15) is 0 Å². The van der Waals surface area contributed by atoms with Crippen LogP contribution in [0.5, 0.6) is 0 Å². The van der Waals surface area contributed by atoms with Gasteiger partial charge in [-0.1, -0.05) is 0 Å². The molecule has 0 saturated carbocycles. The number of rotatable bonds is 5. The van der Waals surface area contributed by atoms with Crippen LogP contribution in [0.2, 0.25) is 0 Å². The average molecular weight is 291 g/mol. The van der Waals surface area contributed by atoms with Crippen molar-refractivity contribution in [3.05, 3.63) is 0 Å². The first-order valence-electron chi connectivity index (χ1n) is 7.12. The third-order valence-corrected chi connectivity index (χ3v) is 3.30. The molecule has 0 radical (unpaired) electrons.